The molecule has 0 aliphatic carbocycles. The molecule has 0 bridgehead atoms. The Labute approximate surface area is 163 Å². The first-order chi connectivity index (χ1) is 13.5. The van der Waals surface area contributed by atoms with E-state index < -0.39 is 0 Å². The topological polar surface area (TPSA) is 79.5 Å². The van der Waals surface area contributed by atoms with Crippen LogP contribution in [0.5, 0.6) is 11.5 Å². The van der Waals surface area contributed by atoms with Crippen LogP contribution < -0.4 is 10.3 Å². The van der Waals surface area contributed by atoms with Crippen LogP contribution in [0.1, 0.15) is 28.4 Å². The summed E-state index contributed by atoms with van der Waals surface area (Å²) in [4.78, 5) is 7.70. The SMILES string of the molecule is Cc1cc[nH+]c(N[C@@H](c2cccc(O)c2)c2ccc3ccc(C)nc3c2O)c1. The molecule has 2 heterocycles. The molecule has 4 aromatic rings. The third kappa shape index (κ3) is 3.47. The first kappa shape index (κ1) is 17.8. The molecule has 0 unspecified atom stereocenters. The van der Waals surface area contributed by atoms with Crippen molar-refractivity contribution in [3.63, 3.8) is 0 Å². The van der Waals surface area contributed by atoms with Gasteiger partial charge in [-0.1, -0.05) is 24.3 Å². The Balaban J connectivity index is 1.87. The largest absolute Gasteiger partial charge is 0.508 e. The van der Waals surface area contributed by atoms with Crippen molar-refractivity contribution in [2.75, 3.05) is 5.32 Å². The Kier molecular flexibility index (Phi) is 4.57. The normalized spacial score (nSPS) is 12.1. The van der Waals surface area contributed by atoms with Crippen LogP contribution in [-0.4, -0.2) is 15.2 Å². The summed E-state index contributed by atoms with van der Waals surface area (Å²) >= 11 is 0. The van der Waals surface area contributed by atoms with Crippen LogP contribution in [0.25, 0.3) is 10.9 Å². The minimum Gasteiger partial charge on any atom is -0.508 e. The van der Waals surface area contributed by atoms with E-state index in [2.05, 4.69) is 15.3 Å². The molecular weight excluding hydrogens is 350 g/mol. The lowest BCUT2D eigenvalue weighted by molar-refractivity contribution is -0.361. The number of hydrogen-bond donors (Lipinski definition) is 3. The fourth-order valence-electron chi connectivity index (χ4n) is 3.38. The molecule has 0 amide bonds. The third-order valence-electron chi connectivity index (χ3n) is 4.78. The van der Waals surface area contributed by atoms with E-state index >= 15 is 0 Å². The number of aryl methyl sites for hydroxylation is 2. The van der Waals surface area contributed by atoms with Crippen molar-refractivity contribution < 1.29 is 15.2 Å². The van der Waals surface area contributed by atoms with Crippen LogP contribution in [0.3, 0.4) is 0 Å². The summed E-state index contributed by atoms with van der Waals surface area (Å²) in [5, 5.41) is 25.3. The van der Waals surface area contributed by atoms with E-state index in [-0.39, 0.29) is 17.5 Å². The number of hydrogen-bond acceptors (Lipinski definition) is 4. The van der Waals surface area contributed by atoms with Crippen molar-refractivity contribution in [1.82, 2.24) is 4.98 Å². The van der Waals surface area contributed by atoms with Gasteiger partial charge in [0, 0.05) is 28.3 Å². The maximum Gasteiger partial charge on any atom is 0.273 e. The van der Waals surface area contributed by atoms with Crippen LogP contribution in [0.2, 0.25) is 0 Å². The predicted octanol–water partition coefficient (Wildman–Crippen LogP) is 4.28. The number of aromatic nitrogens is 2. The Morgan fingerprint density at radius 1 is 0.964 bits per heavy atom. The fraction of sp³-hybridized carbons (Fsp3) is 0.130. The van der Waals surface area contributed by atoms with E-state index in [0.29, 0.717) is 11.1 Å². The highest BCUT2D eigenvalue weighted by Crippen LogP contribution is 2.36. The third-order valence-corrected chi connectivity index (χ3v) is 4.78. The molecule has 0 spiro atoms. The highest BCUT2D eigenvalue weighted by molar-refractivity contribution is 5.86. The minimum atomic E-state index is -0.378. The predicted molar refractivity (Wildman–Crippen MR) is 109 cm³/mol. The van der Waals surface area contributed by atoms with E-state index in [1.807, 2.05) is 62.5 Å². The van der Waals surface area contributed by atoms with Crippen LogP contribution in [0, 0.1) is 13.8 Å². The van der Waals surface area contributed by atoms with Gasteiger partial charge in [-0.15, -0.1) is 0 Å². The van der Waals surface area contributed by atoms with E-state index in [4.69, 9.17) is 0 Å². The molecule has 0 aliphatic rings. The minimum absolute atomic E-state index is 0.134. The lowest BCUT2D eigenvalue weighted by atomic mass is 9.96. The number of H-pyrrole nitrogens is 1. The monoisotopic (exact) mass is 372 g/mol. The number of pyridine rings is 2. The molecule has 2 aromatic carbocycles. The van der Waals surface area contributed by atoms with E-state index in [9.17, 15) is 10.2 Å². The number of nitrogens with zero attached hydrogens (tertiary/aromatic N) is 1. The van der Waals surface area contributed by atoms with Crippen molar-refractivity contribution in [1.29, 1.82) is 0 Å². The van der Waals surface area contributed by atoms with Gasteiger partial charge in [0.1, 0.15) is 23.1 Å². The van der Waals surface area contributed by atoms with Crippen molar-refractivity contribution in [2.45, 2.75) is 19.9 Å². The number of aromatic amines is 1. The molecule has 140 valence electrons. The van der Waals surface area contributed by atoms with Crippen molar-refractivity contribution >= 4 is 16.7 Å². The zero-order chi connectivity index (χ0) is 19.7. The summed E-state index contributed by atoms with van der Waals surface area (Å²) in [6.45, 7) is 3.92. The van der Waals surface area contributed by atoms with Gasteiger partial charge in [0.15, 0.2) is 0 Å². The number of phenolic OH excluding ortho intramolecular Hbond substituents is 2. The summed E-state index contributed by atoms with van der Waals surface area (Å²) in [6, 6.07) is 18.4. The number of aromatic hydroxyl groups is 2. The average molecular weight is 372 g/mol. The molecule has 0 saturated heterocycles. The summed E-state index contributed by atoms with van der Waals surface area (Å²) in [5.74, 6) is 1.12. The van der Waals surface area contributed by atoms with Crippen molar-refractivity contribution in [2.24, 2.45) is 0 Å². The Morgan fingerprint density at radius 2 is 1.79 bits per heavy atom. The fourth-order valence-corrected chi connectivity index (χ4v) is 3.38. The number of nitrogens with one attached hydrogen (secondary N) is 2. The van der Waals surface area contributed by atoms with Gasteiger partial charge >= 0.3 is 0 Å². The van der Waals surface area contributed by atoms with Gasteiger partial charge < -0.3 is 10.2 Å². The highest BCUT2D eigenvalue weighted by Gasteiger charge is 2.24. The second-order valence-electron chi connectivity index (χ2n) is 6.98. The van der Waals surface area contributed by atoms with Gasteiger partial charge in [-0.2, -0.15) is 0 Å². The maximum atomic E-state index is 11.0. The second kappa shape index (κ2) is 7.19. The molecule has 5 nitrogen and oxygen atoms in total. The Bertz CT molecular complexity index is 1160. The smallest absolute Gasteiger partial charge is 0.273 e. The van der Waals surface area contributed by atoms with Gasteiger partial charge in [0.05, 0.1) is 6.20 Å². The van der Waals surface area contributed by atoms with Gasteiger partial charge in [-0.05, 0) is 49.7 Å². The van der Waals surface area contributed by atoms with Crippen molar-refractivity contribution in [3.05, 3.63) is 89.2 Å². The molecule has 4 N–H and O–H groups in total. The first-order valence-corrected chi connectivity index (χ1v) is 9.14. The van der Waals surface area contributed by atoms with Gasteiger partial charge in [0.2, 0.25) is 0 Å². The van der Waals surface area contributed by atoms with E-state index in [1.165, 1.54) is 0 Å². The second-order valence-corrected chi connectivity index (χ2v) is 6.98. The standard InChI is InChI=1S/C23H21N3O2/c1-14-10-11-24-20(12-14)26-21(17-4-3-5-18(27)13-17)19-9-8-16-7-6-15(2)25-22(16)23(19)28/h3-13,21,27-28H,1-2H3,(H,24,26)/p+1/t21-/m0/s1. The summed E-state index contributed by atoms with van der Waals surface area (Å²) < 4.78 is 0. The molecule has 0 saturated carbocycles. The zero-order valence-electron chi connectivity index (χ0n) is 15.8. The van der Waals surface area contributed by atoms with Crippen LogP contribution in [0.15, 0.2) is 66.9 Å². The molecule has 5 heteroatoms. The van der Waals surface area contributed by atoms with E-state index in [0.717, 1.165) is 28.0 Å². The lowest BCUT2D eigenvalue weighted by Crippen LogP contribution is -2.19. The van der Waals surface area contributed by atoms with Crippen molar-refractivity contribution in [3.8, 4) is 11.5 Å². The lowest BCUT2D eigenvalue weighted by Gasteiger charge is -2.18. The number of phenols is 2. The van der Waals surface area contributed by atoms with Gasteiger partial charge in [-0.3, -0.25) is 5.32 Å². The highest BCUT2D eigenvalue weighted by atomic mass is 16.3. The molecule has 4 rings (SSSR count). The van der Waals surface area contributed by atoms with Gasteiger partial charge in [-0.25, -0.2) is 9.97 Å². The van der Waals surface area contributed by atoms with Crippen LogP contribution >= 0.6 is 0 Å². The summed E-state index contributed by atoms with van der Waals surface area (Å²) in [7, 11) is 0. The molecular formula is C23H22N3O2+. The zero-order valence-corrected chi connectivity index (χ0v) is 15.8. The van der Waals surface area contributed by atoms with Gasteiger partial charge in [0.25, 0.3) is 5.82 Å². The molecule has 0 radical (unpaired) electrons. The first-order valence-electron chi connectivity index (χ1n) is 9.14. The summed E-state index contributed by atoms with van der Waals surface area (Å²) in [6.07, 6.45) is 1.86. The average Bonchev–Trinajstić information content (AvgIpc) is 2.67. The molecule has 1 atom stereocenters. The summed E-state index contributed by atoms with van der Waals surface area (Å²) in [5.41, 5.74) is 4.03. The molecule has 28 heavy (non-hydrogen) atoms. The molecule has 0 aliphatic heterocycles. The number of fused-ring (bicyclic) bond motifs is 1. The molecule has 2 aromatic heterocycles. The van der Waals surface area contributed by atoms with E-state index in [1.54, 1.807) is 18.2 Å². The number of rotatable bonds is 4. The van der Waals surface area contributed by atoms with Crippen LogP contribution in [0.4, 0.5) is 5.82 Å². The molecule has 0 fully saturated rings. The number of anilines is 1. The Hall–Kier alpha value is -3.60. The Morgan fingerprint density at radius 3 is 2.57 bits per heavy atom. The van der Waals surface area contributed by atoms with Crippen LogP contribution in [-0.2, 0) is 0 Å². The quantitative estimate of drug-likeness (QED) is 0.500. The number of benzene rings is 2. The maximum absolute atomic E-state index is 11.0.